The molecule has 2 fully saturated rings. The molecule has 0 radical (unpaired) electrons. The van der Waals surface area contributed by atoms with Crippen LogP contribution >= 0.6 is 0 Å². The Morgan fingerprint density at radius 2 is 1.75 bits per heavy atom. The first-order valence-electron chi connectivity index (χ1n) is 8.78. The van der Waals surface area contributed by atoms with Gasteiger partial charge in [0.05, 0.1) is 0 Å². The van der Waals surface area contributed by atoms with Crippen molar-refractivity contribution in [2.75, 3.05) is 6.61 Å². The van der Waals surface area contributed by atoms with Crippen molar-refractivity contribution in [3.8, 4) is 5.75 Å². The van der Waals surface area contributed by atoms with Crippen LogP contribution in [0.2, 0.25) is 0 Å². The van der Waals surface area contributed by atoms with Gasteiger partial charge in [0.15, 0.2) is 6.61 Å². The molecule has 2 aliphatic rings. The van der Waals surface area contributed by atoms with E-state index in [4.69, 9.17) is 4.74 Å². The summed E-state index contributed by atoms with van der Waals surface area (Å²) in [5.74, 6) is 2.24. The maximum Gasteiger partial charge on any atom is 0.276 e. The Morgan fingerprint density at radius 3 is 2.38 bits per heavy atom. The minimum atomic E-state index is -0.351. The van der Waals surface area contributed by atoms with E-state index >= 15 is 0 Å². The van der Waals surface area contributed by atoms with Gasteiger partial charge in [-0.1, -0.05) is 12.5 Å². The summed E-state index contributed by atoms with van der Waals surface area (Å²) in [6.45, 7) is 3.85. The van der Waals surface area contributed by atoms with Crippen LogP contribution in [0, 0.1) is 31.6 Å². The van der Waals surface area contributed by atoms with Crippen molar-refractivity contribution < 1.29 is 14.3 Å². The summed E-state index contributed by atoms with van der Waals surface area (Å²) < 4.78 is 5.47. The number of aryl methyl sites for hydroxylation is 2. The predicted octanol–water partition coefficient (Wildman–Crippen LogP) is 2.66. The SMILES string of the molecule is Cc1cc(C)cc(OCC(=O)NNC(=O)C[C@H]2C[C@@H]3CC[C@@H]2C3)c1. The fourth-order valence-corrected chi connectivity index (χ4v) is 4.26. The van der Waals surface area contributed by atoms with Crippen molar-refractivity contribution in [2.24, 2.45) is 17.8 Å². The highest BCUT2D eigenvalue weighted by Gasteiger charge is 2.40. The van der Waals surface area contributed by atoms with Gasteiger partial charge in [-0.05, 0) is 74.1 Å². The molecule has 0 heterocycles. The van der Waals surface area contributed by atoms with Crippen LogP contribution in [0.3, 0.4) is 0 Å². The van der Waals surface area contributed by atoms with Gasteiger partial charge < -0.3 is 4.74 Å². The lowest BCUT2D eigenvalue weighted by atomic mass is 9.86. The number of hydrazine groups is 1. The summed E-state index contributed by atoms with van der Waals surface area (Å²) >= 11 is 0. The molecule has 3 rings (SSSR count). The smallest absolute Gasteiger partial charge is 0.276 e. The summed E-state index contributed by atoms with van der Waals surface area (Å²) in [6, 6.07) is 5.81. The van der Waals surface area contributed by atoms with E-state index in [0.29, 0.717) is 24.0 Å². The molecule has 2 saturated carbocycles. The number of carbonyl (C=O) groups excluding carboxylic acids is 2. The van der Waals surface area contributed by atoms with Crippen LogP contribution in [0.4, 0.5) is 0 Å². The summed E-state index contributed by atoms with van der Waals surface area (Å²) in [4.78, 5) is 23.8. The molecule has 0 aromatic heterocycles. The van der Waals surface area contributed by atoms with Gasteiger partial charge >= 0.3 is 0 Å². The average molecular weight is 330 g/mol. The zero-order valence-electron chi connectivity index (χ0n) is 14.4. The molecule has 0 aliphatic heterocycles. The molecule has 2 aliphatic carbocycles. The fraction of sp³-hybridized carbons (Fsp3) is 0.579. The number of benzene rings is 1. The molecular weight excluding hydrogens is 304 g/mol. The Labute approximate surface area is 143 Å². The van der Waals surface area contributed by atoms with Crippen molar-refractivity contribution in [1.29, 1.82) is 0 Å². The second-order valence-corrected chi connectivity index (χ2v) is 7.35. The maximum absolute atomic E-state index is 12.0. The molecule has 24 heavy (non-hydrogen) atoms. The first-order valence-corrected chi connectivity index (χ1v) is 8.78. The number of fused-ring (bicyclic) bond motifs is 2. The van der Waals surface area contributed by atoms with E-state index in [-0.39, 0.29) is 18.4 Å². The van der Waals surface area contributed by atoms with Crippen molar-refractivity contribution in [3.63, 3.8) is 0 Å². The number of amides is 2. The first-order chi connectivity index (χ1) is 11.5. The third kappa shape index (κ3) is 4.28. The van der Waals surface area contributed by atoms with Gasteiger partial charge in [-0.15, -0.1) is 0 Å². The Kier molecular flexibility index (Phi) is 5.07. The fourth-order valence-electron chi connectivity index (χ4n) is 4.26. The lowest BCUT2D eigenvalue weighted by Gasteiger charge is -2.20. The Bertz CT molecular complexity index is 609. The first kappa shape index (κ1) is 16.8. The van der Waals surface area contributed by atoms with Crippen molar-refractivity contribution in [1.82, 2.24) is 10.9 Å². The van der Waals surface area contributed by atoms with Crippen LogP contribution < -0.4 is 15.6 Å². The summed E-state index contributed by atoms with van der Waals surface area (Å²) in [7, 11) is 0. The normalized spacial score (nSPS) is 24.7. The Morgan fingerprint density at radius 1 is 1.04 bits per heavy atom. The molecule has 2 bridgehead atoms. The third-order valence-corrected chi connectivity index (χ3v) is 5.24. The number of rotatable bonds is 5. The summed E-state index contributed by atoms with van der Waals surface area (Å²) in [5, 5.41) is 0. The van der Waals surface area contributed by atoms with Crippen LogP contribution in [0.5, 0.6) is 5.75 Å². The molecule has 2 N–H and O–H groups in total. The van der Waals surface area contributed by atoms with Gasteiger partial charge in [-0.25, -0.2) is 0 Å². The third-order valence-electron chi connectivity index (χ3n) is 5.24. The minimum Gasteiger partial charge on any atom is -0.484 e. The molecule has 130 valence electrons. The van der Waals surface area contributed by atoms with Crippen LogP contribution in [-0.4, -0.2) is 18.4 Å². The van der Waals surface area contributed by atoms with Crippen molar-refractivity contribution >= 4 is 11.8 Å². The quantitative estimate of drug-likeness (QED) is 0.816. The zero-order chi connectivity index (χ0) is 17.1. The van der Waals surface area contributed by atoms with Crippen molar-refractivity contribution in [2.45, 2.75) is 46.0 Å². The van der Waals surface area contributed by atoms with E-state index < -0.39 is 0 Å². The van der Waals surface area contributed by atoms with Crippen molar-refractivity contribution in [3.05, 3.63) is 29.3 Å². The van der Waals surface area contributed by atoms with E-state index in [1.165, 1.54) is 25.7 Å². The van der Waals surface area contributed by atoms with Crippen LogP contribution in [0.1, 0.15) is 43.2 Å². The van der Waals surface area contributed by atoms with E-state index in [1.807, 2.05) is 32.0 Å². The van der Waals surface area contributed by atoms with E-state index in [9.17, 15) is 9.59 Å². The highest BCUT2D eigenvalue weighted by molar-refractivity contribution is 5.82. The summed E-state index contributed by atoms with van der Waals surface area (Å²) in [6.07, 6.45) is 5.56. The van der Waals surface area contributed by atoms with Crippen LogP contribution in [0.25, 0.3) is 0 Å². The molecule has 5 nitrogen and oxygen atoms in total. The maximum atomic E-state index is 12.0. The number of nitrogens with one attached hydrogen (secondary N) is 2. The largest absolute Gasteiger partial charge is 0.484 e. The summed E-state index contributed by atoms with van der Waals surface area (Å²) in [5.41, 5.74) is 7.12. The predicted molar refractivity (Wildman–Crippen MR) is 91.3 cm³/mol. The molecule has 1 aromatic carbocycles. The van der Waals surface area contributed by atoms with Crippen LogP contribution in [-0.2, 0) is 9.59 Å². The molecule has 5 heteroatoms. The Hall–Kier alpha value is -2.04. The highest BCUT2D eigenvalue weighted by Crippen LogP contribution is 2.49. The number of ether oxygens (including phenoxy) is 1. The Balaban J connectivity index is 1.36. The standard InChI is InChI=1S/C19H26N2O3/c1-12-5-13(2)7-17(6-12)24-11-19(23)21-20-18(22)10-16-9-14-3-4-15(16)8-14/h5-7,14-16H,3-4,8-11H2,1-2H3,(H,20,22)(H,21,23)/t14-,15-,16-/m1/s1. The number of hydrogen-bond donors (Lipinski definition) is 2. The lowest BCUT2D eigenvalue weighted by molar-refractivity contribution is -0.130. The lowest BCUT2D eigenvalue weighted by Crippen LogP contribution is -2.44. The minimum absolute atomic E-state index is 0.104. The molecule has 0 unspecified atom stereocenters. The topological polar surface area (TPSA) is 67.4 Å². The van der Waals surface area contributed by atoms with Gasteiger partial charge in [-0.3, -0.25) is 20.4 Å². The van der Waals surface area contributed by atoms with E-state index in [2.05, 4.69) is 10.9 Å². The molecule has 0 spiro atoms. The molecule has 2 amide bonds. The van der Waals surface area contributed by atoms with Gasteiger partial charge in [0.1, 0.15) is 5.75 Å². The highest BCUT2D eigenvalue weighted by atomic mass is 16.5. The van der Waals surface area contributed by atoms with Crippen LogP contribution in [0.15, 0.2) is 18.2 Å². The molecule has 3 atom stereocenters. The second-order valence-electron chi connectivity index (χ2n) is 7.35. The van der Waals surface area contributed by atoms with E-state index in [0.717, 1.165) is 17.0 Å². The number of hydrogen-bond acceptors (Lipinski definition) is 3. The molecular formula is C19H26N2O3. The second kappa shape index (κ2) is 7.24. The van der Waals surface area contributed by atoms with E-state index in [1.54, 1.807) is 0 Å². The molecule has 1 aromatic rings. The van der Waals surface area contributed by atoms with Gasteiger partial charge in [0.2, 0.25) is 5.91 Å². The number of carbonyl (C=O) groups is 2. The van der Waals surface area contributed by atoms with Gasteiger partial charge in [0.25, 0.3) is 5.91 Å². The monoisotopic (exact) mass is 330 g/mol. The van der Waals surface area contributed by atoms with Gasteiger partial charge in [-0.2, -0.15) is 0 Å². The average Bonchev–Trinajstić information content (AvgIpc) is 3.12. The van der Waals surface area contributed by atoms with Gasteiger partial charge in [0, 0.05) is 6.42 Å². The molecule has 0 saturated heterocycles. The zero-order valence-corrected chi connectivity index (χ0v) is 14.4.